The van der Waals surface area contributed by atoms with Crippen LogP contribution in [0.2, 0.25) is 0 Å². The Labute approximate surface area is 144 Å². The molecule has 3 nitrogen and oxygen atoms in total. The number of aliphatic hydroxyl groups is 1. The molecule has 0 rings (SSSR count). The van der Waals surface area contributed by atoms with Crippen LogP contribution in [0.4, 0.5) is 0 Å². The zero-order valence-electron chi connectivity index (χ0n) is 15.6. The third-order valence-corrected chi connectivity index (χ3v) is 3.98. The molecule has 0 fully saturated rings. The van der Waals surface area contributed by atoms with Crippen molar-refractivity contribution in [1.29, 1.82) is 0 Å². The maximum absolute atomic E-state index is 8.65. The van der Waals surface area contributed by atoms with Gasteiger partial charge in [-0.3, -0.25) is 0 Å². The lowest BCUT2D eigenvalue weighted by atomic mass is 10.1. The van der Waals surface area contributed by atoms with Crippen LogP contribution >= 0.6 is 0 Å². The quantitative estimate of drug-likeness (QED) is 0.202. The highest BCUT2D eigenvalue weighted by Crippen LogP contribution is 2.13. The summed E-state index contributed by atoms with van der Waals surface area (Å²) in [6.45, 7) is 5.80. The normalized spacial score (nSPS) is 11.8. The Balaban J connectivity index is 3.21. The average molecular weight is 329 g/mol. The molecule has 0 unspecified atom stereocenters. The molecular weight excluding hydrogens is 288 g/mol. The maximum Gasteiger partial charge on any atom is 0.157 e. The van der Waals surface area contributed by atoms with Crippen LogP contribution in [0, 0.1) is 0 Å². The van der Waals surface area contributed by atoms with Crippen LogP contribution in [0.3, 0.4) is 0 Å². The minimum Gasteiger partial charge on any atom is -0.396 e. The number of hydrogen-bond acceptors (Lipinski definition) is 3. The standard InChI is InChI=1S/C20H40O3/c1-3-22-20(23-4-2)18-16-14-12-10-8-6-5-7-9-11-13-15-17-19-21/h13,15,20-21H,3-12,14,16-19H2,1-2H3/b15-13-. The van der Waals surface area contributed by atoms with Crippen LogP contribution in [0.15, 0.2) is 12.2 Å². The van der Waals surface area contributed by atoms with Gasteiger partial charge >= 0.3 is 0 Å². The first-order valence-electron chi connectivity index (χ1n) is 9.84. The molecule has 3 heteroatoms. The third kappa shape index (κ3) is 17.8. The number of ether oxygens (including phenoxy) is 2. The molecule has 0 spiro atoms. The van der Waals surface area contributed by atoms with Gasteiger partial charge in [-0.1, -0.05) is 57.1 Å². The second kappa shape index (κ2) is 19.7. The van der Waals surface area contributed by atoms with Gasteiger partial charge in [0, 0.05) is 19.8 Å². The summed E-state index contributed by atoms with van der Waals surface area (Å²) >= 11 is 0. The SMILES string of the molecule is CCOC(CCCCCCCCCCC/C=C\CCO)OCC. The molecule has 0 atom stereocenters. The predicted octanol–water partition coefficient (Wildman–Crippen LogP) is 5.62. The van der Waals surface area contributed by atoms with E-state index in [1.165, 1.54) is 64.2 Å². The van der Waals surface area contributed by atoms with Gasteiger partial charge in [-0.25, -0.2) is 0 Å². The van der Waals surface area contributed by atoms with E-state index in [-0.39, 0.29) is 12.9 Å². The first kappa shape index (κ1) is 22.6. The lowest BCUT2D eigenvalue weighted by molar-refractivity contribution is -0.140. The Kier molecular flexibility index (Phi) is 19.3. The second-order valence-electron chi connectivity index (χ2n) is 6.08. The molecule has 0 aromatic carbocycles. The van der Waals surface area contributed by atoms with Gasteiger partial charge in [-0.15, -0.1) is 0 Å². The van der Waals surface area contributed by atoms with Crippen molar-refractivity contribution in [2.75, 3.05) is 19.8 Å². The Morgan fingerprint density at radius 1 is 0.696 bits per heavy atom. The summed E-state index contributed by atoms with van der Waals surface area (Å²) in [5.41, 5.74) is 0. The van der Waals surface area contributed by atoms with E-state index in [1.54, 1.807) is 0 Å². The molecule has 1 N–H and O–H groups in total. The highest BCUT2D eigenvalue weighted by molar-refractivity contribution is 4.80. The lowest BCUT2D eigenvalue weighted by Crippen LogP contribution is -2.17. The number of unbranched alkanes of at least 4 members (excludes halogenated alkanes) is 9. The van der Waals surface area contributed by atoms with Gasteiger partial charge in [0.1, 0.15) is 0 Å². The molecule has 0 bridgehead atoms. The van der Waals surface area contributed by atoms with E-state index in [4.69, 9.17) is 14.6 Å². The van der Waals surface area contributed by atoms with Crippen LogP contribution in [0.5, 0.6) is 0 Å². The van der Waals surface area contributed by atoms with Crippen molar-refractivity contribution >= 4 is 0 Å². The van der Waals surface area contributed by atoms with E-state index >= 15 is 0 Å². The third-order valence-electron chi connectivity index (χ3n) is 3.98. The molecule has 23 heavy (non-hydrogen) atoms. The molecule has 0 aliphatic carbocycles. The minimum absolute atomic E-state index is 0.0106. The van der Waals surface area contributed by atoms with Crippen molar-refractivity contribution in [3.05, 3.63) is 12.2 Å². The van der Waals surface area contributed by atoms with Crippen molar-refractivity contribution in [1.82, 2.24) is 0 Å². The molecule has 0 aliphatic rings. The molecule has 0 aliphatic heterocycles. The largest absolute Gasteiger partial charge is 0.396 e. The average Bonchev–Trinajstić information content (AvgIpc) is 2.55. The number of rotatable bonds is 18. The molecule has 0 aromatic heterocycles. The van der Waals surface area contributed by atoms with Crippen LogP contribution in [0.1, 0.15) is 90.9 Å². The van der Waals surface area contributed by atoms with Crippen LogP contribution in [-0.2, 0) is 9.47 Å². The summed E-state index contributed by atoms with van der Waals surface area (Å²) in [4.78, 5) is 0. The number of aliphatic hydroxyl groups excluding tert-OH is 1. The Morgan fingerprint density at radius 2 is 1.17 bits per heavy atom. The van der Waals surface area contributed by atoms with Gasteiger partial charge in [0.2, 0.25) is 0 Å². The van der Waals surface area contributed by atoms with Crippen LogP contribution < -0.4 is 0 Å². The molecule has 0 heterocycles. The molecule has 0 aromatic rings. The summed E-state index contributed by atoms with van der Waals surface area (Å²) in [5, 5.41) is 8.65. The van der Waals surface area contributed by atoms with Gasteiger partial charge in [0.25, 0.3) is 0 Å². The minimum atomic E-state index is 0.0106. The second-order valence-corrected chi connectivity index (χ2v) is 6.08. The number of hydrogen-bond donors (Lipinski definition) is 1. The van der Waals surface area contributed by atoms with Crippen molar-refractivity contribution in [3.63, 3.8) is 0 Å². The Morgan fingerprint density at radius 3 is 1.70 bits per heavy atom. The zero-order valence-corrected chi connectivity index (χ0v) is 15.6. The first-order chi connectivity index (χ1) is 11.3. The van der Waals surface area contributed by atoms with Gasteiger partial charge in [-0.05, 0) is 46.0 Å². The van der Waals surface area contributed by atoms with E-state index < -0.39 is 0 Å². The van der Waals surface area contributed by atoms with Gasteiger partial charge in [0.15, 0.2) is 6.29 Å². The van der Waals surface area contributed by atoms with Crippen LogP contribution in [-0.4, -0.2) is 31.2 Å². The van der Waals surface area contributed by atoms with Crippen molar-refractivity contribution in [2.24, 2.45) is 0 Å². The van der Waals surface area contributed by atoms with Crippen molar-refractivity contribution < 1.29 is 14.6 Å². The summed E-state index contributed by atoms with van der Waals surface area (Å²) in [7, 11) is 0. The fourth-order valence-corrected chi connectivity index (χ4v) is 2.71. The van der Waals surface area contributed by atoms with Crippen molar-refractivity contribution in [2.45, 2.75) is 97.2 Å². The predicted molar refractivity (Wildman–Crippen MR) is 98.7 cm³/mol. The Hall–Kier alpha value is -0.380. The molecule has 0 radical (unpaired) electrons. The highest BCUT2D eigenvalue weighted by atomic mass is 16.7. The topological polar surface area (TPSA) is 38.7 Å². The fourth-order valence-electron chi connectivity index (χ4n) is 2.71. The van der Waals surface area contributed by atoms with E-state index in [9.17, 15) is 0 Å². The van der Waals surface area contributed by atoms with E-state index in [0.29, 0.717) is 0 Å². The molecule has 0 saturated heterocycles. The molecule has 0 amide bonds. The molecule has 0 saturated carbocycles. The highest BCUT2D eigenvalue weighted by Gasteiger charge is 2.06. The van der Waals surface area contributed by atoms with Gasteiger partial charge in [-0.2, -0.15) is 0 Å². The maximum atomic E-state index is 8.65. The Bertz CT molecular complexity index is 235. The summed E-state index contributed by atoms with van der Waals surface area (Å²) in [6, 6.07) is 0. The van der Waals surface area contributed by atoms with Gasteiger partial charge in [0.05, 0.1) is 0 Å². The van der Waals surface area contributed by atoms with E-state index in [2.05, 4.69) is 12.2 Å². The fraction of sp³-hybridized carbons (Fsp3) is 0.900. The summed E-state index contributed by atoms with van der Waals surface area (Å²) < 4.78 is 11.1. The summed E-state index contributed by atoms with van der Waals surface area (Å²) in [5.74, 6) is 0. The first-order valence-corrected chi connectivity index (χ1v) is 9.84. The van der Waals surface area contributed by atoms with E-state index in [1.807, 2.05) is 13.8 Å². The van der Waals surface area contributed by atoms with E-state index in [0.717, 1.165) is 26.1 Å². The molecule has 138 valence electrons. The zero-order chi connectivity index (χ0) is 17.0. The summed E-state index contributed by atoms with van der Waals surface area (Å²) in [6.07, 6.45) is 19.3. The monoisotopic (exact) mass is 328 g/mol. The van der Waals surface area contributed by atoms with Gasteiger partial charge < -0.3 is 14.6 Å². The number of allylic oxidation sites excluding steroid dienone is 1. The van der Waals surface area contributed by atoms with Crippen LogP contribution in [0.25, 0.3) is 0 Å². The lowest BCUT2D eigenvalue weighted by Gasteiger charge is -2.16. The molecular formula is C20H40O3. The van der Waals surface area contributed by atoms with Crippen molar-refractivity contribution in [3.8, 4) is 0 Å². The smallest absolute Gasteiger partial charge is 0.157 e.